The number of hydrogen-bond donors (Lipinski definition) is 1. The van der Waals surface area contributed by atoms with Gasteiger partial charge in [0, 0.05) is 25.2 Å². The predicted molar refractivity (Wildman–Crippen MR) is 75.6 cm³/mol. The minimum Gasteiger partial charge on any atom is -0.342 e. The van der Waals surface area contributed by atoms with Gasteiger partial charge in [0.2, 0.25) is 5.91 Å². The van der Waals surface area contributed by atoms with Gasteiger partial charge < -0.3 is 10.2 Å². The van der Waals surface area contributed by atoms with E-state index < -0.39 is 5.82 Å². The molecule has 3 nitrogen and oxygen atoms in total. The summed E-state index contributed by atoms with van der Waals surface area (Å²) in [5.41, 5.74) is 0.465. The lowest BCUT2D eigenvalue weighted by molar-refractivity contribution is -0.132. The number of nitrogens with one attached hydrogen (secondary N) is 1. The van der Waals surface area contributed by atoms with Gasteiger partial charge in [0.25, 0.3) is 0 Å². The fourth-order valence-electron chi connectivity index (χ4n) is 1.84. The van der Waals surface area contributed by atoms with E-state index in [1.54, 1.807) is 24.0 Å². The molecule has 1 N–H and O–H groups in total. The second kappa shape index (κ2) is 7.46. The number of hydrogen-bond acceptors (Lipinski definition) is 2. The zero-order chi connectivity index (χ0) is 14.4. The van der Waals surface area contributed by atoms with E-state index in [0.29, 0.717) is 18.7 Å². The normalized spacial score (nSPS) is 12.3. The second-order valence-corrected chi connectivity index (χ2v) is 4.73. The fourth-order valence-corrected chi connectivity index (χ4v) is 2.04. The lowest BCUT2D eigenvalue weighted by Gasteiger charge is -2.23. The number of benzene rings is 1. The molecule has 106 valence electrons. The van der Waals surface area contributed by atoms with Crippen LogP contribution in [0.1, 0.15) is 26.3 Å². The van der Waals surface area contributed by atoms with Crippen LogP contribution in [0, 0.1) is 5.82 Å². The third-order valence-electron chi connectivity index (χ3n) is 3.08. The number of carbonyl (C=O) groups is 1. The average molecular weight is 287 g/mol. The van der Waals surface area contributed by atoms with Gasteiger partial charge in [-0.1, -0.05) is 23.7 Å². The first-order chi connectivity index (χ1) is 9.01. The Bertz CT molecular complexity index is 435. The van der Waals surface area contributed by atoms with Crippen LogP contribution in [0.3, 0.4) is 0 Å². The Kier molecular flexibility index (Phi) is 6.25. The lowest BCUT2D eigenvalue weighted by Crippen LogP contribution is -2.44. The highest BCUT2D eigenvalue weighted by molar-refractivity contribution is 6.30. The summed E-state index contributed by atoms with van der Waals surface area (Å²) in [4.78, 5) is 13.8. The quantitative estimate of drug-likeness (QED) is 0.872. The number of likely N-dealkylation sites (N-methyl/N-ethyl adjacent to an activating group) is 1. The molecule has 1 unspecified atom stereocenters. The third-order valence-corrected chi connectivity index (χ3v) is 3.37. The van der Waals surface area contributed by atoms with E-state index >= 15 is 0 Å². The number of carbonyl (C=O) groups excluding carboxylic acids is 1. The summed E-state index contributed by atoms with van der Waals surface area (Å²) in [6, 6.07) is 4.51. The molecular formula is C14H20ClFN2O. The number of halogens is 2. The van der Waals surface area contributed by atoms with Crippen LogP contribution in [0.4, 0.5) is 4.39 Å². The van der Waals surface area contributed by atoms with E-state index in [1.165, 1.54) is 6.07 Å². The molecule has 1 rings (SSSR count). The molecule has 0 aliphatic rings. The Balaban J connectivity index is 2.61. The molecule has 0 saturated carbocycles. The summed E-state index contributed by atoms with van der Waals surface area (Å²) in [7, 11) is 0. The van der Waals surface area contributed by atoms with Crippen molar-refractivity contribution in [1.29, 1.82) is 0 Å². The average Bonchev–Trinajstić information content (AvgIpc) is 2.41. The summed E-state index contributed by atoms with van der Waals surface area (Å²) in [6.45, 7) is 7.28. The molecule has 19 heavy (non-hydrogen) atoms. The Morgan fingerprint density at radius 3 is 2.63 bits per heavy atom. The van der Waals surface area contributed by atoms with Gasteiger partial charge in [-0.3, -0.25) is 4.79 Å². The minimum absolute atomic E-state index is 0.0208. The van der Waals surface area contributed by atoms with E-state index in [2.05, 4.69) is 5.32 Å². The van der Waals surface area contributed by atoms with Gasteiger partial charge in [-0.05, 0) is 26.8 Å². The van der Waals surface area contributed by atoms with E-state index in [1.807, 2.05) is 13.8 Å². The van der Waals surface area contributed by atoms with E-state index in [-0.39, 0.29) is 23.5 Å². The number of amides is 1. The van der Waals surface area contributed by atoms with Gasteiger partial charge in [0.15, 0.2) is 0 Å². The molecule has 0 heterocycles. The van der Waals surface area contributed by atoms with Crippen LogP contribution in [0.5, 0.6) is 0 Å². The molecule has 0 radical (unpaired) electrons. The van der Waals surface area contributed by atoms with Gasteiger partial charge in [-0.2, -0.15) is 0 Å². The van der Waals surface area contributed by atoms with Gasteiger partial charge in [0.05, 0.1) is 11.1 Å². The molecule has 1 aromatic carbocycles. The van der Waals surface area contributed by atoms with Crippen LogP contribution in [-0.4, -0.2) is 29.9 Å². The molecule has 0 spiro atoms. The number of rotatable bonds is 6. The highest BCUT2D eigenvalue weighted by Crippen LogP contribution is 2.17. The first kappa shape index (κ1) is 15.9. The molecule has 0 bridgehead atoms. The lowest BCUT2D eigenvalue weighted by atomic mass is 10.2. The van der Waals surface area contributed by atoms with Crippen molar-refractivity contribution >= 4 is 17.5 Å². The van der Waals surface area contributed by atoms with Crippen LogP contribution in [0.15, 0.2) is 18.2 Å². The molecule has 1 atom stereocenters. The van der Waals surface area contributed by atoms with Crippen LogP contribution in [0.25, 0.3) is 0 Å². The molecular weight excluding hydrogens is 267 g/mol. The molecule has 0 saturated heterocycles. The van der Waals surface area contributed by atoms with Gasteiger partial charge in [-0.25, -0.2) is 4.39 Å². The molecule has 1 amide bonds. The van der Waals surface area contributed by atoms with Crippen molar-refractivity contribution in [2.75, 3.05) is 13.1 Å². The first-order valence-corrected chi connectivity index (χ1v) is 6.84. The van der Waals surface area contributed by atoms with Gasteiger partial charge in [0.1, 0.15) is 5.82 Å². The van der Waals surface area contributed by atoms with Crippen LogP contribution < -0.4 is 5.32 Å². The van der Waals surface area contributed by atoms with Crippen LogP contribution >= 0.6 is 11.6 Å². The molecule has 1 aromatic rings. The fraction of sp³-hybridized carbons (Fsp3) is 0.500. The Labute approximate surface area is 118 Å². The van der Waals surface area contributed by atoms with E-state index in [9.17, 15) is 9.18 Å². The van der Waals surface area contributed by atoms with Gasteiger partial charge >= 0.3 is 0 Å². The monoisotopic (exact) mass is 286 g/mol. The van der Waals surface area contributed by atoms with Crippen molar-refractivity contribution in [3.63, 3.8) is 0 Å². The van der Waals surface area contributed by atoms with Crippen molar-refractivity contribution in [2.45, 2.75) is 33.4 Å². The van der Waals surface area contributed by atoms with Gasteiger partial charge in [-0.15, -0.1) is 0 Å². The zero-order valence-electron chi connectivity index (χ0n) is 11.5. The van der Waals surface area contributed by atoms with Crippen molar-refractivity contribution in [3.05, 3.63) is 34.6 Å². The molecule has 0 aliphatic carbocycles. The highest BCUT2D eigenvalue weighted by atomic mass is 35.5. The van der Waals surface area contributed by atoms with Crippen molar-refractivity contribution in [1.82, 2.24) is 10.2 Å². The van der Waals surface area contributed by atoms with Crippen molar-refractivity contribution in [2.24, 2.45) is 0 Å². The summed E-state index contributed by atoms with van der Waals surface area (Å²) in [5.74, 6) is -0.411. The van der Waals surface area contributed by atoms with Crippen molar-refractivity contribution < 1.29 is 9.18 Å². The number of nitrogens with zero attached hydrogens (tertiary/aromatic N) is 1. The van der Waals surface area contributed by atoms with Crippen molar-refractivity contribution in [3.8, 4) is 0 Å². The summed E-state index contributed by atoms with van der Waals surface area (Å²) in [6.07, 6.45) is 0. The predicted octanol–water partition coefficient (Wildman–Crippen LogP) is 2.83. The standard InChI is InChI=1S/C14H20ClFN2O/c1-4-18(5-2)14(19)10(3)17-9-11-7-6-8-12(15)13(11)16/h6-8,10,17H,4-5,9H2,1-3H3. The maximum absolute atomic E-state index is 13.7. The summed E-state index contributed by atoms with van der Waals surface area (Å²) < 4.78 is 13.7. The smallest absolute Gasteiger partial charge is 0.239 e. The Morgan fingerprint density at radius 2 is 2.05 bits per heavy atom. The molecule has 0 aromatic heterocycles. The molecule has 5 heteroatoms. The minimum atomic E-state index is -0.431. The SMILES string of the molecule is CCN(CC)C(=O)C(C)NCc1cccc(Cl)c1F. The third kappa shape index (κ3) is 4.18. The van der Waals surface area contributed by atoms with Crippen LogP contribution in [-0.2, 0) is 11.3 Å². The molecule has 0 aliphatic heterocycles. The summed E-state index contributed by atoms with van der Waals surface area (Å²) >= 11 is 5.71. The van der Waals surface area contributed by atoms with E-state index in [4.69, 9.17) is 11.6 Å². The zero-order valence-corrected chi connectivity index (χ0v) is 12.3. The Hall–Kier alpha value is -1.13. The Morgan fingerprint density at radius 1 is 1.42 bits per heavy atom. The highest BCUT2D eigenvalue weighted by Gasteiger charge is 2.18. The first-order valence-electron chi connectivity index (χ1n) is 6.46. The maximum atomic E-state index is 13.7. The second-order valence-electron chi connectivity index (χ2n) is 4.33. The topological polar surface area (TPSA) is 32.3 Å². The summed E-state index contributed by atoms with van der Waals surface area (Å²) in [5, 5.41) is 3.13. The molecule has 0 fully saturated rings. The van der Waals surface area contributed by atoms with Crippen LogP contribution in [0.2, 0.25) is 5.02 Å². The van der Waals surface area contributed by atoms with E-state index in [0.717, 1.165) is 0 Å². The largest absolute Gasteiger partial charge is 0.342 e. The maximum Gasteiger partial charge on any atom is 0.239 e.